The standard InChI is InChI=1S/C22H25N3O/c1-5-17-6-10-19(11-7-17)22(26)23-20-12-8-18(9-13-20)14-21-15(2)24-25(4)16(21)3/h6-13H,5,14H2,1-4H3,(H,23,26). The first kappa shape index (κ1) is 17.9. The monoisotopic (exact) mass is 347 g/mol. The van der Waals surface area contributed by atoms with Crippen molar-refractivity contribution in [2.75, 3.05) is 5.32 Å². The van der Waals surface area contributed by atoms with Crippen molar-refractivity contribution < 1.29 is 4.79 Å². The van der Waals surface area contributed by atoms with Crippen LogP contribution >= 0.6 is 0 Å². The van der Waals surface area contributed by atoms with E-state index in [1.165, 1.54) is 22.4 Å². The highest BCUT2D eigenvalue weighted by Gasteiger charge is 2.10. The number of amides is 1. The number of hydrogen-bond donors (Lipinski definition) is 1. The number of hydrogen-bond acceptors (Lipinski definition) is 2. The Bertz CT molecular complexity index is 906. The summed E-state index contributed by atoms with van der Waals surface area (Å²) in [5.41, 5.74) is 7.43. The third kappa shape index (κ3) is 3.85. The summed E-state index contributed by atoms with van der Waals surface area (Å²) in [7, 11) is 1.97. The first-order valence-corrected chi connectivity index (χ1v) is 8.96. The van der Waals surface area contributed by atoms with Gasteiger partial charge < -0.3 is 5.32 Å². The molecule has 26 heavy (non-hydrogen) atoms. The van der Waals surface area contributed by atoms with Crippen molar-refractivity contribution >= 4 is 11.6 Å². The minimum atomic E-state index is -0.0839. The average molecular weight is 347 g/mol. The van der Waals surface area contributed by atoms with Gasteiger partial charge in [0.15, 0.2) is 0 Å². The lowest BCUT2D eigenvalue weighted by Gasteiger charge is -2.08. The Kier molecular flexibility index (Phi) is 5.21. The van der Waals surface area contributed by atoms with E-state index >= 15 is 0 Å². The Morgan fingerprint density at radius 2 is 1.62 bits per heavy atom. The zero-order valence-electron chi connectivity index (χ0n) is 15.8. The molecule has 0 bridgehead atoms. The lowest BCUT2D eigenvalue weighted by Crippen LogP contribution is -2.11. The lowest BCUT2D eigenvalue weighted by atomic mass is 10.0. The smallest absolute Gasteiger partial charge is 0.255 e. The third-order valence-electron chi connectivity index (χ3n) is 4.88. The molecule has 1 amide bonds. The van der Waals surface area contributed by atoms with E-state index in [2.05, 4.69) is 36.4 Å². The molecule has 0 aliphatic rings. The summed E-state index contributed by atoms with van der Waals surface area (Å²) < 4.78 is 1.92. The second-order valence-corrected chi connectivity index (χ2v) is 6.65. The molecule has 0 atom stereocenters. The lowest BCUT2D eigenvalue weighted by molar-refractivity contribution is 0.102. The number of nitrogens with zero attached hydrogens (tertiary/aromatic N) is 2. The van der Waals surface area contributed by atoms with Crippen molar-refractivity contribution in [3.05, 3.63) is 82.2 Å². The van der Waals surface area contributed by atoms with Crippen LogP contribution < -0.4 is 5.32 Å². The normalized spacial score (nSPS) is 10.8. The molecule has 1 heterocycles. The van der Waals surface area contributed by atoms with E-state index in [4.69, 9.17) is 0 Å². The van der Waals surface area contributed by atoms with E-state index in [9.17, 15) is 4.79 Å². The van der Waals surface area contributed by atoms with Gasteiger partial charge in [0.05, 0.1) is 5.69 Å². The Morgan fingerprint density at radius 3 is 2.15 bits per heavy atom. The number of carbonyl (C=O) groups is 1. The first-order valence-electron chi connectivity index (χ1n) is 8.96. The van der Waals surface area contributed by atoms with Crippen LogP contribution in [0.3, 0.4) is 0 Å². The van der Waals surface area contributed by atoms with Crippen LogP contribution in [0.15, 0.2) is 48.5 Å². The Morgan fingerprint density at radius 1 is 1.00 bits per heavy atom. The van der Waals surface area contributed by atoms with Crippen LogP contribution in [-0.2, 0) is 19.9 Å². The van der Waals surface area contributed by atoms with Crippen molar-refractivity contribution in [2.24, 2.45) is 7.05 Å². The molecule has 1 aromatic heterocycles. The predicted molar refractivity (Wildman–Crippen MR) is 106 cm³/mol. The summed E-state index contributed by atoms with van der Waals surface area (Å²) in [6.45, 7) is 6.24. The molecule has 4 nitrogen and oxygen atoms in total. The van der Waals surface area contributed by atoms with E-state index in [0.29, 0.717) is 5.56 Å². The number of aryl methyl sites for hydroxylation is 3. The first-order chi connectivity index (χ1) is 12.5. The molecule has 3 rings (SSSR count). The molecule has 0 aliphatic heterocycles. The fourth-order valence-electron chi connectivity index (χ4n) is 3.08. The van der Waals surface area contributed by atoms with Gasteiger partial charge in [0, 0.05) is 36.0 Å². The second-order valence-electron chi connectivity index (χ2n) is 6.65. The van der Waals surface area contributed by atoms with Crippen molar-refractivity contribution in [1.29, 1.82) is 0 Å². The molecule has 0 radical (unpaired) electrons. The quantitative estimate of drug-likeness (QED) is 0.741. The SMILES string of the molecule is CCc1ccc(C(=O)Nc2ccc(Cc3c(C)nn(C)c3C)cc2)cc1. The molecule has 3 aromatic rings. The van der Waals surface area contributed by atoms with Gasteiger partial charge in [-0.1, -0.05) is 31.2 Å². The van der Waals surface area contributed by atoms with Gasteiger partial charge in [-0.2, -0.15) is 5.10 Å². The van der Waals surface area contributed by atoms with Crippen molar-refractivity contribution in [3.8, 4) is 0 Å². The van der Waals surface area contributed by atoms with Crippen LogP contribution in [0, 0.1) is 13.8 Å². The zero-order chi connectivity index (χ0) is 18.7. The Balaban J connectivity index is 1.68. The maximum absolute atomic E-state index is 12.4. The summed E-state index contributed by atoms with van der Waals surface area (Å²) in [5, 5.41) is 7.43. The number of aromatic nitrogens is 2. The number of anilines is 1. The molecule has 0 spiro atoms. The summed E-state index contributed by atoms with van der Waals surface area (Å²) in [4.78, 5) is 12.4. The maximum atomic E-state index is 12.4. The van der Waals surface area contributed by atoms with Crippen LogP contribution in [0.4, 0.5) is 5.69 Å². The molecule has 1 N–H and O–H groups in total. The van der Waals surface area contributed by atoms with E-state index in [1.807, 2.05) is 55.1 Å². The van der Waals surface area contributed by atoms with Gasteiger partial charge in [0.2, 0.25) is 0 Å². The van der Waals surface area contributed by atoms with Crippen LogP contribution in [-0.4, -0.2) is 15.7 Å². The van der Waals surface area contributed by atoms with Crippen LogP contribution in [0.2, 0.25) is 0 Å². The van der Waals surface area contributed by atoms with Gasteiger partial charge >= 0.3 is 0 Å². The van der Waals surface area contributed by atoms with Crippen molar-refractivity contribution in [3.63, 3.8) is 0 Å². The van der Waals surface area contributed by atoms with Gasteiger partial charge in [-0.25, -0.2) is 0 Å². The summed E-state index contributed by atoms with van der Waals surface area (Å²) in [5.74, 6) is -0.0839. The van der Waals surface area contributed by atoms with Crippen LogP contribution in [0.1, 0.15) is 45.4 Å². The minimum absolute atomic E-state index is 0.0839. The molecular formula is C22H25N3O. The molecule has 2 aromatic carbocycles. The highest BCUT2D eigenvalue weighted by atomic mass is 16.1. The average Bonchev–Trinajstić information content (AvgIpc) is 2.89. The number of benzene rings is 2. The second kappa shape index (κ2) is 7.56. The van der Waals surface area contributed by atoms with E-state index in [-0.39, 0.29) is 5.91 Å². The van der Waals surface area contributed by atoms with E-state index in [0.717, 1.165) is 24.2 Å². The van der Waals surface area contributed by atoms with Gasteiger partial charge in [-0.15, -0.1) is 0 Å². The van der Waals surface area contributed by atoms with Crippen LogP contribution in [0.5, 0.6) is 0 Å². The van der Waals surface area contributed by atoms with Gasteiger partial charge in [0.25, 0.3) is 5.91 Å². The van der Waals surface area contributed by atoms with Crippen LogP contribution in [0.25, 0.3) is 0 Å². The molecule has 0 fully saturated rings. The molecule has 134 valence electrons. The highest BCUT2D eigenvalue weighted by molar-refractivity contribution is 6.04. The molecular weight excluding hydrogens is 322 g/mol. The summed E-state index contributed by atoms with van der Waals surface area (Å²) in [6, 6.07) is 15.8. The molecule has 4 heteroatoms. The summed E-state index contributed by atoms with van der Waals surface area (Å²) in [6.07, 6.45) is 1.82. The Labute approximate surface area is 154 Å². The predicted octanol–water partition coefficient (Wildman–Crippen LogP) is 4.44. The fourth-order valence-corrected chi connectivity index (χ4v) is 3.08. The van der Waals surface area contributed by atoms with Crippen molar-refractivity contribution in [2.45, 2.75) is 33.6 Å². The third-order valence-corrected chi connectivity index (χ3v) is 4.88. The topological polar surface area (TPSA) is 46.9 Å². The van der Waals surface area contributed by atoms with Gasteiger partial charge in [-0.05, 0) is 55.7 Å². The number of nitrogens with one attached hydrogen (secondary N) is 1. The zero-order valence-corrected chi connectivity index (χ0v) is 15.8. The maximum Gasteiger partial charge on any atom is 0.255 e. The van der Waals surface area contributed by atoms with Gasteiger partial charge in [-0.3, -0.25) is 9.48 Å². The minimum Gasteiger partial charge on any atom is -0.322 e. The number of carbonyl (C=O) groups excluding carboxylic acids is 1. The highest BCUT2D eigenvalue weighted by Crippen LogP contribution is 2.19. The van der Waals surface area contributed by atoms with Gasteiger partial charge in [0.1, 0.15) is 0 Å². The number of rotatable bonds is 5. The van der Waals surface area contributed by atoms with E-state index in [1.54, 1.807) is 0 Å². The van der Waals surface area contributed by atoms with Crippen molar-refractivity contribution in [1.82, 2.24) is 9.78 Å². The Hall–Kier alpha value is -2.88. The molecule has 0 saturated heterocycles. The molecule has 0 saturated carbocycles. The molecule has 0 unspecified atom stereocenters. The van der Waals surface area contributed by atoms with E-state index < -0.39 is 0 Å². The largest absolute Gasteiger partial charge is 0.322 e. The fraction of sp³-hybridized carbons (Fsp3) is 0.273. The molecule has 0 aliphatic carbocycles. The summed E-state index contributed by atoms with van der Waals surface area (Å²) >= 11 is 0.